The highest BCUT2D eigenvalue weighted by Gasteiger charge is 2.47. The number of Topliss-reactive ketones (excluding diaryl/α,β-unsaturated/α-hetero) is 1. The zero-order valence-electron chi connectivity index (χ0n) is 14.0. The summed E-state index contributed by atoms with van der Waals surface area (Å²) in [5.41, 5.74) is -0.441. The molecule has 124 valence electrons. The van der Waals surface area contributed by atoms with Crippen LogP contribution in [0.3, 0.4) is 0 Å². The van der Waals surface area contributed by atoms with Crippen LogP contribution in [0.2, 0.25) is 0 Å². The lowest BCUT2D eigenvalue weighted by atomic mass is 9.87. The first-order valence-electron chi connectivity index (χ1n) is 8.57. The van der Waals surface area contributed by atoms with Gasteiger partial charge < -0.3 is 9.64 Å². The predicted octanol–water partition coefficient (Wildman–Crippen LogP) is 2.15. The van der Waals surface area contributed by atoms with Crippen molar-refractivity contribution in [2.45, 2.75) is 45.6 Å². The van der Waals surface area contributed by atoms with Crippen molar-refractivity contribution in [3.8, 4) is 0 Å². The second-order valence-electron chi connectivity index (χ2n) is 8.05. The summed E-state index contributed by atoms with van der Waals surface area (Å²) in [5.74, 6) is 1.75. The summed E-state index contributed by atoms with van der Waals surface area (Å²) in [6.45, 7) is 9.66. The number of hydrogen-bond acceptors (Lipinski definition) is 4. The molecule has 0 N–H and O–H groups in total. The molecule has 3 fully saturated rings. The van der Waals surface area contributed by atoms with Gasteiger partial charge in [0.2, 0.25) is 0 Å². The maximum absolute atomic E-state index is 12.3. The minimum absolute atomic E-state index is 0.219. The zero-order valence-corrected chi connectivity index (χ0v) is 14.0. The second-order valence-corrected chi connectivity index (χ2v) is 8.05. The summed E-state index contributed by atoms with van der Waals surface area (Å²) in [4.78, 5) is 28.4. The van der Waals surface area contributed by atoms with Gasteiger partial charge >= 0.3 is 6.09 Å². The third-order valence-electron chi connectivity index (χ3n) is 5.29. The molecule has 0 aromatic rings. The standard InChI is InChI=1S/C17H28N2O3/c1-17(2,3)22-16(21)19-8-6-18(7-9-19)11-14-12-4-5-13(10-12)15(14)20/h12-14H,4-11H2,1-3H3. The fraction of sp³-hybridized carbons (Fsp3) is 0.882. The molecular weight excluding hydrogens is 280 g/mol. The van der Waals surface area contributed by atoms with Gasteiger partial charge in [-0.15, -0.1) is 0 Å². The molecule has 2 bridgehead atoms. The maximum atomic E-state index is 12.3. The van der Waals surface area contributed by atoms with Crippen molar-refractivity contribution >= 4 is 11.9 Å². The minimum Gasteiger partial charge on any atom is -0.444 e. The number of carbonyl (C=O) groups excluding carboxylic acids is 2. The first-order valence-corrected chi connectivity index (χ1v) is 8.57. The third kappa shape index (κ3) is 3.29. The Labute approximate surface area is 133 Å². The van der Waals surface area contributed by atoms with Crippen LogP contribution in [0.25, 0.3) is 0 Å². The lowest BCUT2D eigenvalue weighted by molar-refractivity contribution is -0.126. The number of amides is 1. The molecule has 0 aromatic carbocycles. The summed E-state index contributed by atoms with van der Waals surface area (Å²) in [6, 6.07) is 0. The van der Waals surface area contributed by atoms with Crippen molar-refractivity contribution in [1.29, 1.82) is 0 Å². The molecule has 0 spiro atoms. The highest BCUT2D eigenvalue weighted by Crippen LogP contribution is 2.46. The van der Waals surface area contributed by atoms with Gasteiger partial charge in [0.25, 0.3) is 0 Å². The fourth-order valence-corrected chi connectivity index (χ4v) is 4.13. The van der Waals surface area contributed by atoms with Crippen molar-refractivity contribution < 1.29 is 14.3 Å². The van der Waals surface area contributed by atoms with E-state index in [1.165, 1.54) is 6.42 Å². The molecule has 5 heteroatoms. The van der Waals surface area contributed by atoms with Crippen molar-refractivity contribution in [1.82, 2.24) is 9.80 Å². The number of ketones is 1. The second kappa shape index (κ2) is 5.84. The topological polar surface area (TPSA) is 49.9 Å². The molecule has 22 heavy (non-hydrogen) atoms. The van der Waals surface area contributed by atoms with Crippen LogP contribution in [0, 0.1) is 17.8 Å². The first-order chi connectivity index (χ1) is 10.3. The molecule has 0 radical (unpaired) electrons. The van der Waals surface area contributed by atoms with Gasteiger partial charge in [-0.3, -0.25) is 9.69 Å². The lowest BCUT2D eigenvalue weighted by Gasteiger charge is -2.37. The smallest absolute Gasteiger partial charge is 0.410 e. The van der Waals surface area contributed by atoms with Crippen molar-refractivity contribution in [3.05, 3.63) is 0 Å². The van der Waals surface area contributed by atoms with Gasteiger partial charge in [0.15, 0.2) is 0 Å². The Morgan fingerprint density at radius 1 is 1.18 bits per heavy atom. The monoisotopic (exact) mass is 308 g/mol. The predicted molar refractivity (Wildman–Crippen MR) is 83.6 cm³/mol. The van der Waals surface area contributed by atoms with E-state index in [0.29, 0.717) is 30.7 Å². The Bertz CT molecular complexity index is 449. The highest BCUT2D eigenvalue weighted by atomic mass is 16.6. The van der Waals surface area contributed by atoms with Crippen LogP contribution in [0.1, 0.15) is 40.0 Å². The number of carbonyl (C=O) groups is 2. The van der Waals surface area contributed by atoms with Gasteiger partial charge in [-0.1, -0.05) is 0 Å². The zero-order chi connectivity index (χ0) is 15.9. The molecular formula is C17H28N2O3. The Morgan fingerprint density at radius 3 is 2.41 bits per heavy atom. The van der Waals surface area contributed by atoms with Crippen molar-refractivity contribution in [2.75, 3.05) is 32.7 Å². The molecule has 3 atom stereocenters. The molecule has 1 amide bonds. The van der Waals surface area contributed by atoms with Crippen molar-refractivity contribution in [3.63, 3.8) is 0 Å². The molecule has 3 unspecified atom stereocenters. The van der Waals surface area contributed by atoms with Crippen LogP contribution in [-0.2, 0) is 9.53 Å². The van der Waals surface area contributed by atoms with Crippen LogP contribution in [0.5, 0.6) is 0 Å². The molecule has 2 saturated carbocycles. The molecule has 3 aliphatic rings. The Morgan fingerprint density at radius 2 is 1.86 bits per heavy atom. The van der Waals surface area contributed by atoms with Crippen LogP contribution in [0.4, 0.5) is 4.79 Å². The van der Waals surface area contributed by atoms with Crippen LogP contribution in [0.15, 0.2) is 0 Å². The Balaban J connectivity index is 1.46. The number of piperazine rings is 1. The summed E-state index contributed by atoms with van der Waals surface area (Å²) in [7, 11) is 0. The van der Waals surface area contributed by atoms with Crippen LogP contribution in [-0.4, -0.2) is 60.0 Å². The van der Waals surface area contributed by atoms with Gasteiger partial charge in [0.05, 0.1) is 0 Å². The van der Waals surface area contributed by atoms with Gasteiger partial charge in [-0.25, -0.2) is 4.79 Å². The quantitative estimate of drug-likeness (QED) is 0.784. The number of fused-ring (bicyclic) bond motifs is 2. The summed E-state index contributed by atoms with van der Waals surface area (Å²) < 4.78 is 5.42. The van der Waals surface area contributed by atoms with E-state index < -0.39 is 5.60 Å². The van der Waals surface area contributed by atoms with E-state index in [9.17, 15) is 9.59 Å². The number of nitrogens with zero attached hydrogens (tertiary/aromatic N) is 2. The molecule has 2 aliphatic carbocycles. The average Bonchev–Trinajstić information content (AvgIpc) is 3.01. The largest absolute Gasteiger partial charge is 0.444 e. The van der Waals surface area contributed by atoms with E-state index in [1.807, 2.05) is 20.8 Å². The normalized spacial score (nSPS) is 32.6. The average molecular weight is 308 g/mol. The van der Waals surface area contributed by atoms with E-state index in [1.54, 1.807) is 4.90 Å². The van der Waals surface area contributed by atoms with E-state index in [4.69, 9.17) is 4.74 Å². The van der Waals surface area contributed by atoms with E-state index in [0.717, 1.165) is 32.5 Å². The summed E-state index contributed by atoms with van der Waals surface area (Å²) >= 11 is 0. The van der Waals surface area contributed by atoms with Gasteiger partial charge in [-0.05, 0) is 46.0 Å². The van der Waals surface area contributed by atoms with Gasteiger partial charge in [-0.2, -0.15) is 0 Å². The molecule has 0 aromatic heterocycles. The minimum atomic E-state index is -0.441. The summed E-state index contributed by atoms with van der Waals surface area (Å²) in [5, 5.41) is 0. The Kier molecular flexibility index (Phi) is 4.19. The van der Waals surface area contributed by atoms with Gasteiger partial charge in [0.1, 0.15) is 11.4 Å². The van der Waals surface area contributed by atoms with Crippen molar-refractivity contribution in [2.24, 2.45) is 17.8 Å². The first kappa shape index (κ1) is 15.8. The highest BCUT2D eigenvalue weighted by molar-refractivity contribution is 5.87. The maximum Gasteiger partial charge on any atom is 0.410 e. The number of hydrogen-bond donors (Lipinski definition) is 0. The lowest BCUT2D eigenvalue weighted by Crippen LogP contribution is -2.51. The Hall–Kier alpha value is -1.10. The number of ether oxygens (including phenoxy) is 1. The number of rotatable bonds is 2. The molecule has 5 nitrogen and oxygen atoms in total. The van der Waals surface area contributed by atoms with E-state index in [-0.39, 0.29) is 12.0 Å². The molecule has 3 rings (SSSR count). The SMILES string of the molecule is CC(C)(C)OC(=O)N1CCN(CC2C(=O)C3CCC2C3)CC1. The molecule has 1 heterocycles. The van der Waals surface area contributed by atoms with Crippen LogP contribution >= 0.6 is 0 Å². The van der Waals surface area contributed by atoms with Gasteiger partial charge in [0, 0.05) is 44.6 Å². The molecule has 1 saturated heterocycles. The third-order valence-corrected chi connectivity index (χ3v) is 5.29. The summed E-state index contributed by atoms with van der Waals surface area (Å²) in [6.07, 6.45) is 3.26. The van der Waals surface area contributed by atoms with E-state index >= 15 is 0 Å². The van der Waals surface area contributed by atoms with E-state index in [2.05, 4.69) is 4.90 Å². The molecule has 1 aliphatic heterocycles. The van der Waals surface area contributed by atoms with Crippen LogP contribution < -0.4 is 0 Å². The fourth-order valence-electron chi connectivity index (χ4n) is 4.13.